The molecule has 1 aliphatic heterocycles. The van der Waals surface area contributed by atoms with E-state index in [0.29, 0.717) is 36.5 Å². The van der Waals surface area contributed by atoms with Gasteiger partial charge in [0.25, 0.3) is 18.8 Å². The number of aromatic nitrogens is 5. The number of fused-ring (bicyclic) bond motifs is 1. The van der Waals surface area contributed by atoms with Crippen molar-refractivity contribution in [3.05, 3.63) is 59.3 Å². The van der Waals surface area contributed by atoms with Crippen LogP contribution in [0.1, 0.15) is 28.9 Å². The van der Waals surface area contributed by atoms with Gasteiger partial charge in [0, 0.05) is 62.5 Å². The van der Waals surface area contributed by atoms with Gasteiger partial charge in [-0.3, -0.25) is 18.7 Å². The molecule has 5 N–H and O–H groups in total. The van der Waals surface area contributed by atoms with Gasteiger partial charge in [0.15, 0.2) is 17.2 Å². The van der Waals surface area contributed by atoms with Gasteiger partial charge in [-0.15, -0.1) is 0 Å². The lowest BCUT2D eigenvalue weighted by Gasteiger charge is -2.38. The second-order valence-electron chi connectivity index (χ2n) is 11.2. The Morgan fingerprint density at radius 1 is 1.12 bits per heavy atom. The zero-order chi connectivity index (χ0) is 35.5. The van der Waals surface area contributed by atoms with E-state index in [1.54, 1.807) is 15.9 Å². The lowest BCUT2D eigenvalue weighted by Crippen LogP contribution is -2.57. The molecular formula is C29H30ClF5N10O4. The number of hydrogen-bond acceptors (Lipinski definition) is 8. The number of carbonyl (C=O) groups is 3. The number of anilines is 2. The quantitative estimate of drug-likeness (QED) is 0.163. The number of imidazole rings is 1. The Kier molecular flexibility index (Phi) is 10.5. The number of nitrogens with zero attached hydrogens (tertiary/aromatic N) is 7. The molecule has 0 unspecified atom stereocenters. The number of halogens is 6. The number of piperazine rings is 1. The molecule has 0 bridgehead atoms. The largest absolute Gasteiger partial charge is 0.483 e. The number of carboxylic acid groups (broad SMARTS) is 1. The highest BCUT2D eigenvalue weighted by atomic mass is 35.5. The predicted octanol–water partition coefficient (Wildman–Crippen LogP) is 3.93. The Morgan fingerprint density at radius 3 is 2.41 bits per heavy atom. The summed E-state index contributed by atoms with van der Waals surface area (Å²) in [5, 5.41) is 16.3. The van der Waals surface area contributed by atoms with Crippen LogP contribution in [0.15, 0.2) is 43.0 Å². The normalized spacial score (nSPS) is 17.7. The Labute approximate surface area is 279 Å². The number of benzene rings is 1. The molecular weight excluding hydrogens is 683 g/mol. The molecule has 20 heteroatoms. The van der Waals surface area contributed by atoms with Crippen LogP contribution in [0.5, 0.6) is 0 Å². The molecule has 3 amide bonds. The van der Waals surface area contributed by atoms with E-state index in [4.69, 9.17) is 27.2 Å². The van der Waals surface area contributed by atoms with Crippen LogP contribution in [0.4, 0.5) is 38.3 Å². The summed E-state index contributed by atoms with van der Waals surface area (Å²) in [4.78, 5) is 45.8. The van der Waals surface area contributed by atoms with E-state index in [1.807, 2.05) is 0 Å². The van der Waals surface area contributed by atoms with Gasteiger partial charge in [-0.05, 0) is 31.0 Å². The predicted molar refractivity (Wildman–Crippen MR) is 166 cm³/mol. The smallest absolute Gasteiger partial charge is 0.435 e. The molecule has 262 valence electrons. The first kappa shape index (κ1) is 35.3. The van der Waals surface area contributed by atoms with Gasteiger partial charge in [-0.2, -0.15) is 18.3 Å². The highest BCUT2D eigenvalue weighted by Gasteiger charge is 2.39. The minimum absolute atomic E-state index is 0.0305. The van der Waals surface area contributed by atoms with E-state index in [0.717, 1.165) is 19.0 Å². The lowest BCUT2D eigenvalue weighted by atomic mass is 9.88. The summed E-state index contributed by atoms with van der Waals surface area (Å²) in [7, 11) is 0. The maximum absolute atomic E-state index is 13.7. The van der Waals surface area contributed by atoms with Crippen LogP contribution in [0, 0.1) is 0 Å². The molecule has 4 heterocycles. The molecule has 3 aromatic heterocycles. The van der Waals surface area contributed by atoms with E-state index in [-0.39, 0.29) is 58.2 Å². The van der Waals surface area contributed by atoms with Gasteiger partial charge in [-0.1, -0.05) is 11.6 Å². The maximum Gasteiger partial charge on any atom is 0.435 e. The molecule has 2 fully saturated rings. The Morgan fingerprint density at radius 2 is 1.80 bits per heavy atom. The van der Waals surface area contributed by atoms with Crippen molar-refractivity contribution in [2.75, 3.05) is 31.5 Å². The number of alkyl halides is 5. The first-order chi connectivity index (χ1) is 23.3. The summed E-state index contributed by atoms with van der Waals surface area (Å²) in [6.07, 6.45) is -1.50. The van der Waals surface area contributed by atoms with Gasteiger partial charge >= 0.3 is 12.2 Å². The second kappa shape index (κ2) is 14.6. The summed E-state index contributed by atoms with van der Waals surface area (Å²) in [5.41, 5.74) is 4.82. The van der Waals surface area contributed by atoms with Crippen LogP contribution in [0.2, 0.25) is 5.02 Å². The molecule has 0 atom stereocenters. The standard InChI is InChI=1S/C28H28ClF5N10O2.CH2O2/c29-20-11-16(1-2-18(20)26(45)41-5-7-42(8-6-41)27(46)39-17-9-15(35)10-17)38-24-25-37-12-21(44(25)4-3-36-24)19-13-43(14-22(30)31)40-23(19)28(32,33)34;2-1-3/h1-4,11-13,15,17,22H,5-10,14,35H2,(H,36,38)(H,39,46);1H,(H,2,3). The fourth-order valence-corrected chi connectivity index (χ4v) is 5.75. The van der Waals surface area contributed by atoms with Crippen molar-refractivity contribution in [1.29, 1.82) is 0 Å². The van der Waals surface area contributed by atoms with Crippen molar-refractivity contribution in [2.45, 2.75) is 44.1 Å². The zero-order valence-corrected chi connectivity index (χ0v) is 26.2. The van der Waals surface area contributed by atoms with E-state index in [2.05, 4.69) is 25.7 Å². The van der Waals surface area contributed by atoms with E-state index < -0.39 is 30.4 Å². The monoisotopic (exact) mass is 712 g/mol. The Hall–Kier alpha value is -5.04. The number of nitrogens with two attached hydrogens (primary N) is 1. The van der Waals surface area contributed by atoms with E-state index in [9.17, 15) is 31.5 Å². The molecule has 6 rings (SSSR count). The molecule has 1 saturated heterocycles. The molecule has 1 aromatic carbocycles. The summed E-state index contributed by atoms with van der Waals surface area (Å²) < 4.78 is 68.9. The van der Waals surface area contributed by atoms with Crippen LogP contribution in [-0.2, 0) is 17.5 Å². The minimum atomic E-state index is -4.90. The average Bonchev–Trinajstić information content (AvgIpc) is 3.65. The minimum Gasteiger partial charge on any atom is -0.483 e. The van der Waals surface area contributed by atoms with E-state index >= 15 is 0 Å². The maximum atomic E-state index is 13.7. The number of urea groups is 1. The number of carbonyl (C=O) groups excluding carboxylic acids is 2. The van der Waals surface area contributed by atoms with Gasteiger partial charge in [0.1, 0.15) is 6.54 Å². The van der Waals surface area contributed by atoms with Crippen molar-refractivity contribution in [2.24, 2.45) is 5.73 Å². The van der Waals surface area contributed by atoms with Crippen molar-refractivity contribution in [3.63, 3.8) is 0 Å². The summed E-state index contributed by atoms with van der Waals surface area (Å²) in [6.45, 7) is 0.146. The third-order valence-electron chi connectivity index (χ3n) is 7.88. The molecule has 1 saturated carbocycles. The molecule has 1 aliphatic carbocycles. The zero-order valence-electron chi connectivity index (χ0n) is 25.4. The fourth-order valence-electron chi connectivity index (χ4n) is 5.49. The number of hydrogen-bond donors (Lipinski definition) is 4. The van der Waals surface area contributed by atoms with Crippen LogP contribution < -0.4 is 16.4 Å². The SMILES string of the molecule is NC1CC(NC(=O)N2CCN(C(=O)c3ccc(Nc4nccn5c(-c6cn(CC(F)F)nc6C(F)(F)F)cnc45)cc3Cl)CC2)C1.O=CO. The first-order valence-corrected chi connectivity index (χ1v) is 15.2. The van der Waals surface area contributed by atoms with E-state index in [1.165, 1.54) is 35.1 Å². The molecule has 0 radical (unpaired) electrons. The molecule has 14 nitrogen and oxygen atoms in total. The van der Waals surface area contributed by atoms with Crippen LogP contribution >= 0.6 is 11.6 Å². The van der Waals surface area contributed by atoms with Gasteiger partial charge in [0.05, 0.1) is 28.0 Å². The molecule has 0 spiro atoms. The van der Waals surface area contributed by atoms with Crippen molar-refractivity contribution >= 4 is 47.2 Å². The van der Waals surface area contributed by atoms with Crippen molar-refractivity contribution in [3.8, 4) is 11.3 Å². The third-order valence-corrected chi connectivity index (χ3v) is 8.19. The van der Waals surface area contributed by atoms with Gasteiger partial charge in [0.2, 0.25) is 0 Å². The highest BCUT2D eigenvalue weighted by Crippen LogP contribution is 2.37. The number of nitrogens with one attached hydrogen (secondary N) is 2. The summed E-state index contributed by atoms with van der Waals surface area (Å²) in [5.74, 6) is -0.136. The van der Waals surface area contributed by atoms with Crippen LogP contribution in [0.25, 0.3) is 16.9 Å². The topological polar surface area (TPSA) is 176 Å². The third kappa shape index (κ3) is 7.99. The second-order valence-corrected chi connectivity index (χ2v) is 11.6. The highest BCUT2D eigenvalue weighted by molar-refractivity contribution is 6.34. The Bertz CT molecular complexity index is 1820. The Balaban J connectivity index is 0.00000151. The summed E-state index contributed by atoms with van der Waals surface area (Å²) >= 11 is 6.50. The molecule has 4 aromatic rings. The molecule has 49 heavy (non-hydrogen) atoms. The lowest BCUT2D eigenvalue weighted by molar-refractivity contribution is -0.141. The number of rotatable bonds is 7. The van der Waals surface area contributed by atoms with Crippen molar-refractivity contribution < 1.29 is 41.4 Å². The van der Waals surface area contributed by atoms with Gasteiger partial charge < -0.3 is 31.3 Å². The first-order valence-electron chi connectivity index (χ1n) is 14.8. The van der Waals surface area contributed by atoms with Crippen LogP contribution in [-0.4, -0.2) is 102 Å². The molecule has 2 aliphatic rings. The summed E-state index contributed by atoms with van der Waals surface area (Å²) in [6, 6.07) is 4.67. The average molecular weight is 713 g/mol. The van der Waals surface area contributed by atoms with Crippen LogP contribution in [0.3, 0.4) is 0 Å². The fraction of sp³-hybridized carbons (Fsp3) is 0.379. The van der Waals surface area contributed by atoms with Gasteiger partial charge in [-0.25, -0.2) is 23.5 Å². The number of amides is 3. The van der Waals surface area contributed by atoms with Crippen molar-refractivity contribution in [1.82, 2.24) is 39.3 Å².